The molecule has 100 valence electrons. The quantitative estimate of drug-likeness (QED) is 0.676. The number of aliphatic imine (C=N–C) groups is 1. The Bertz CT molecular complexity index is 525. The summed E-state index contributed by atoms with van der Waals surface area (Å²) < 4.78 is 4.83. The Kier molecular flexibility index (Phi) is 4.21. The van der Waals surface area contributed by atoms with Gasteiger partial charge in [-0.25, -0.2) is 4.99 Å². The lowest BCUT2D eigenvalue weighted by Crippen LogP contribution is -2.31. The van der Waals surface area contributed by atoms with Crippen molar-refractivity contribution in [2.75, 3.05) is 6.61 Å². The molecule has 1 fully saturated rings. The summed E-state index contributed by atoms with van der Waals surface area (Å²) in [4.78, 5) is 27.5. The summed E-state index contributed by atoms with van der Waals surface area (Å²) in [6.07, 6.45) is 0. The number of aryl methyl sites for hydroxylation is 1. The monoisotopic (exact) mass is 278 g/mol. The fourth-order valence-electron chi connectivity index (χ4n) is 1.53. The number of rotatable bonds is 3. The number of ether oxygens (including phenoxy) is 1. The Morgan fingerprint density at radius 1 is 1.42 bits per heavy atom. The van der Waals surface area contributed by atoms with E-state index >= 15 is 0 Å². The van der Waals surface area contributed by atoms with Crippen molar-refractivity contribution in [1.29, 1.82) is 0 Å². The maximum Gasteiger partial charge on any atom is 0.329 e. The van der Waals surface area contributed by atoms with Crippen molar-refractivity contribution in [3.8, 4) is 0 Å². The van der Waals surface area contributed by atoms with Crippen LogP contribution in [0.4, 0.5) is 5.69 Å². The molecule has 1 aliphatic heterocycles. The summed E-state index contributed by atoms with van der Waals surface area (Å²) in [5.74, 6) is -0.909. The largest absolute Gasteiger partial charge is 0.465 e. The molecule has 19 heavy (non-hydrogen) atoms. The molecule has 1 amide bonds. The minimum absolute atomic E-state index is 0.258. The van der Waals surface area contributed by atoms with Crippen LogP contribution in [0.5, 0.6) is 0 Å². The lowest BCUT2D eigenvalue weighted by atomic mass is 10.2. The van der Waals surface area contributed by atoms with Crippen molar-refractivity contribution in [3.05, 3.63) is 29.8 Å². The number of nitrogens with zero attached hydrogens (tertiary/aromatic N) is 1. The molecule has 1 aromatic carbocycles. The zero-order valence-electron chi connectivity index (χ0n) is 10.7. The van der Waals surface area contributed by atoms with E-state index in [1.807, 2.05) is 31.2 Å². The SMILES string of the molecule is CCOC(=O)C1SC(=Nc2ccc(C)cc2)NC1=O. The van der Waals surface area contributed by atoms with Gasteiger partial charge in [0, 0.05) is 0 Å². The van der Waals surface area contributed by atoms with E-state index in [1.165, 1.54) is 0 Å². The van der Waals surface area contributed by atoms with Gasteiger partial charge in [-0.1, -0.05) is 29.5 Å². The standard InChI is InChI=1S/C13H14N2O3S/c1-3-18-12(17)10-11(16)15-13(19-10)14-9-6-4-8(2)5-7-9/h4-7,10H,3H2,1-2H3,(H,14,15,16). The number of amides is 1. The van der Waals surface area contributed by atoms with Gasteiger partial charge in [0.2, 0.25) is 0 Å². The van der Waals surface area contributed by atoms with Gasteiger partial charge in [-0.3, -0.25) is 9.59 Å². The molecule has 0 bridgehead atoms. The van der Waals surface area contributed by atoms with Gasteiger partial charge in [0.25, 0.3) is 5.91 Å². The van der Waals surface area contributed by atoms with Crippen LogP contribution >= 0.6 is 11.8 Å². The number of carbonyl (C=O) groups excluding carboxylic acids is 2. The summed E-state index contributed by atoms with van der Waals surface area (Å²) in [7, 11) is 0. The van der Waals surface area contributed by atoms with Crippen LogP contribution in [0.1, 0.15) is 12.5 Å². The first kappa shape index (κ1) is 13.6. The molecule has 1 N–H and O–H groups in total. The van der Waals surface area contributed by atoms with Crippen LogP contribution in [0.2, 0.25) is 0 Å². The van der Waals surface area contributed by atoms with Crippen LogP contribution in [-0.4, -0.2) is 28.9 Å². The summed E-state index contributed by atoms with van der Waals surface area (Å²) in [5.41, 5.74) is 1.87. The van der Waals surface area contributed by atoms with Gasteiger partial charge in [-0.2, -0.15) is 0 Å². The van der Waals surface area contributed by atoms with Crippen molar-refractivity contribution in [3.63, 3.8) is 0 Å². The van der Waals surface area contributed by atoms with Gasteiger partial charge < -0.3 is 10.1 Å². The number of hydrogen-bond donors (Lipinski definition) is 1. The van der Waals surface area contributed by atoms with Crippen LogP contribution in [-0.2, 0) is 14.3 Å². The third-order valence-electron chi connectivity index (χ3n) is 2.46. The van der Waals surface area contributed by atoms with Crippen molar-refractivity contribution in [1.82, 2.24) is 5.32 Å². The molecule has 1 atom stereocenters. The Morgan fingerprint density at radius 3 is 2.74 bits per heavy atom. The molecule has 1 unspecified atom stereocenters. The first-order valence-electron chi connectivity index (χ1n) is 5.89. The third kappa shape index (κ3) is 3.35. The number of nitrogens with one attached hydrogen (secondary N) is 1. The second-order valence-electron chi connectivity index (χ2n) is 3.99. The average molecular weight is 278 g/mol. The average Bonchev–Trinajstić information content (AvgIpc) is 2.74. The van der Waals surface area contributed by atoms with Gasteiger partial charge >= 0.3 is 5.97 Å². The molecule has 5 nitrogen and oxygen atoms in total. The smallest absolute Gasteiger partial charge is 0.329 e. The molecule has 1 saturated heterocycles. The highest BCUT2D eigenvalue weighted by Gasteiger charge is 2.37. The van der Waals surface area contributed by atoms with Crippen LogP contribution in [0.25, 0.3) is 0 Å². The predicted octanol–water partition coefficient (Wildman–Crippen LogP) is 1.78. The summed E-state index contributed by atoms with van der Waals surface area (Å²) in [5, 5.41) is 2.15. The second kappa shape index (κ2) is 5.88. The van der Waals surface area contributed by atoms with E-state index in [9.17, 15) is 9.59 Å². The molecule has 6 heteroatoms. The van der Waals surface area contributed by atoms with Gasteiger partial charge in [-0.05, 0) is 26.0 Å². The number of hydrogen-bond acceptors (Lipinski definition) is 5. The summed E-state index contributed by atoms with van der Waals surface area (Å²) in [6.45, 7) is 3.95. The van der Waals surface area contributed by atoms with Crippen molar-refractivity contribution < 1.29 is 14.3 Å². The van der Waals surface area contributed by atoms with Crippen molar-refractivity contribution in [2.45, 2.75) is 19.1 Å². The lowest BCUT2D eigenvalue weighted by Gasteiger charge is -2.03. The Morgan fingerprint density at radius 2 is 2.11 bits per heavy atom. The van der Waals surface area contributed by atoms with Crippen LogP contribution in [0.3, 0.4) is 0 Å². The summed E-state index contributed by atoms with van der Waals surface area (Å²) >= 11 is 1.08. The minimum Gasteiger partial charge on any atom is -0.465 e. The van der Waals surface area contributed by atoms with Gasteiger partial charge in [0.05, 0.1) is 12.3 Å². The fraction of sp³-hybridized carbons (Fsp3) is 0.308. The molecule has 0 saturated carbocycles. The van der Waals surface area contributed by atoms with Gasteiger partial charge in [-0.15, -0.1) is 0 Å². The first-order chi connectivity index (χ1) is 9.10. The van der Waals surface area contributed by atoms with E-state index in [1.54, 1.807) is 6.92 Å². The zero-order chi connectivity index (χ0) is 13.8. The number of benzene rings is 1. The van der Waals surface area contributed by atoms with Crippen LogP contribution < -0.4 is 5.32 Å². The highest BCUT2D eigenvalue weighted by molar-refractivity contribution is 8.16. The highest BCUT2D eigenvalue weighted by atomic mass is 32.2. The molecule has 2 rings (SSSR count). The molecule has 0 aliphatic carbocycles. The molecule has 1 aromatic rings. The van der Waals surface area contributed by atoms with Gasteiger partial charge in [0.15, 0.2) is 10.4 Å². The number of esters is 1. The molecule has 1 heterocycles. The number of amidine groups is 1. The number of carbonyl (C=O) groups is 2. The predicted molar refractivity (Wildman–Crippen MR) is 74.4 cm³/mol. The van der Waals surface area contributed by atoms with E-state index < -0.39 is 11.2 Å². The lowest BCUT2D eigenvalue weighted by molar-refractivity contribution is -0.144. The minimum atomic E-state index is -0.857. The number of thioether (sulfide) groups is 1. The third-order valence-corrected chi connectivity index (χ3v) is 3.52. The summed E-state index contributed by atoms with van der Waals surface area (Å²) in [6, 6.07) is 7.58. The van der Waals surface area contributed by atoms with Crippen molar-refractivity contribution in [2.24, 2.45) is 4.99 Å². The van der Waals surface area contributed by atoms with E-state index in [2.05, 4.69) is 10.3 Å². The molecule has 0 spiro atoms. The Labute approximate surface area is 115 Å². The van der Waals surface area contributed by atoms with E-state index in [-0.39, 0.29) is 12.5 Å². The second-order valence-corrected chi connectivity index (χ2v) is 5.09. The maximum absolute atomic E-state index is 11.6. The molecular formula is C13H14N2O3S. The molecule has 1 aliphatic rings. The first-order valence-corrected chi connectivity index (χ1v) is 6.77. The topological polar surface area (TPSA) is 67.8 Å². The Balaban J connectivity index is 2.10. The highest BCUT2D eigenvalue weighted by Crippen LogP contribution is 2.24. The molecule has 0 radical (unpaired) electrons. The Hall–Kier alpha value is -1.82. The fourth-order valence-corrected chi connectivity index (χ4v) is 2.40. The normalized spacial score (nSPS) is 20.4. The van der Waals surface area contributed by atoms with E-state index in [4.69, 9.17) is 4.74 Å². The van der Waals surface area contributed by atoms with E-state index in [0.717, 1.165) is 23.0 Å². The van der Waals surface area contributed by atoms with Crippen molar-refractivity contribution >= 4 is 34.5 Å². The van der Waals surface area contributed by atoms with Gasteiger partial charge in [0.1, 0.15) is 0 Å². The zero-order valence-corrected chi connectivity index (χ0v) is 11.5. The molecule has 0 aromatic heterocycles. The van der Waals surface area contributed by atoms with Crippen LogP contribution in [0.15, 0.2) is 29.3 Å². The molecular weight excluding hydrogens is 264 g/mol. The maximum atomic E-state index is 11.6. The van der Waals surface area contributed by atoms with E-state index in [0.29, 0.717) is 5.17 Å². The van der Waals surface area contributed by atoms with Crippen LogP contribution in [0, 0.1) is 6.92 Å².